The van der Waals surface area contributed by atoms with Gasteiger partial charge in [-0.2, -0.15) is 0 Å². The number of unbranched alkanes of at least 4 members (excludes halogenated alkanes) is 6. The van der Waals surface area contributed by atoms with E-state index in [9.17, 15) is 9.59 Å². The molecular weight excluding hydrogens is 732 g/mol. The van der Waals surface area contributed by atoms with Crippen LogP contribution in [0, 0.1) is 0 Å². The molecule has 340 valence electrons. The molecule has 1 atom stereocenters. The highest BCUT2D eigenvalue weighted by atomic mass is 17.2. The van der Waals surface area contributed by atoms with Gasteiger partial charge >= 0.3 is 11.9 Å². The molecular formula is C41H86O15. The van der Waals surface area contributed by atoms with Gasteiger partial charge in [-0.05, 0) is 80.9 Å². The fourth-order valence-corrected chi connectivity index (χ4v) is 2.68. The van der Waals surface area contributed by atoms with Crippen molar-refractivity contribution in [3.8, 4) is 5.75 Å². The van der Waals surface area contributed by atoms with Crippen LogP contribution in [0.25, 0.3) is 0 Å². The highest BCUT2D eigenvalue weighted by Crippen LogP contribution is 2.27. The maximum absolute atomic E-state index is 11.6. The van der Waals surface area contributed by atoms with Gasteiger partial charge in [-0.1, -0.05) is 76.8 Å². The van der Waals surface area contributed by atoms with Gasteiger partial charge in [-0.3, -0.25) is 4.89 Å². The second-order valence-electron chi connectivity index (χ2n) is 9.54. The third-order valence-corrected chi connectivity index (χ3v) is 4.25. The molecule has 0 aliphatic heterocycles. The zero-order chi connectivity index (χ0) is 45.7. The molecule has 56 heavy (non-hydrogen) atoms. The van der Waals surface area contributed by atoms with Gasteiger partial charge in [0, 0.05) is 78.0 Å². The van der Waals surface area contributed by atoms with E-state index in [-0.39, 0.29) is 66.1 Å². The van der Waals surface area contributed by atoms with E-state index in [1.807, 2.05) is 6.07 Å². The average molecular weight is 819 g/mol. The molecule has 0 bridgehead atoms. The molecule has 0 aromatic heterocycles. The van der Waals surface area contributed by atoms with Crippen LogP contribution in [0.5, 0.6) is 5.75 Å². The zero-order valence-electron chi connectivity index (χ0n) is 36.7. The van der Waals surface area contributed by atoms with Crippen LogP contribution in [0.3, 0.4) is 0 Å². The Kier molecular flexibility index (Phi) is 106. The monoisotopic (exact) mass is 819 g/mol. The molecule has 15 heteroatoms. The first kappa shape index (κ1) is 74.1. The van der Waals surface area contributed by atoms with Crippen LogP contribution in [-0.4, -0.2) is 130 Å². The van der Waals surface area contributed by atoms with E-state index in [0.717, 1.165) is 37.8 Å². The van der Waals surface area contributed by atoms with Crippen LogP contribution in [-0.2, 0) is 24.1 Å². The van der Waals surface area contributed by atoms with Crippen molar-refractivity contribution in [2.45, 2.75) is 126 Å². The number of benzene rings is 1. The Morgan fingerprint density at radius 3 is 1.18 bits per heavy atom. The number of rotatable bonds is 16. The lowest BCUT2D eigenvalue weighted by molar-refractivity contribution is -0.390. The minimum absolute atomic E-state index is 0.250. The third-order valence-electron chi connectivity index (χ3n) is 4.25. The van der Waals surface area contributed by atoms with E-state index < -0.39 is 17.7 Å². The summed E-state index contributed by atoms with van der Waals surface area (Å²) in [5.41, 5.74) is 0. The first-order valence-corrected chi connectivity index (χ1v) is 19.3. The van der Waals surface area contributed by atoms with Crippen molar-refractivity contribution in [3.63, 3.8) is 0 Å². The molecule has 15 nitrogen and oxygen atoms in total. The third kappa shape index (κ3) is 98.4. The Morgan fingerprint density at radius 1 is 0.536 bits per heavy atom. The largest absolute Gasteiger partial charge is 0.455 e. The molecule has 1 aromatic carbocycles. The first-order chi connectivity index (χ1) is 26.8. The lowest BCUT2D eigenvalue weighted by Gasteiger charge is -2.31. The average Bonchev–Trinajstić information content (AvgIpc) is 3.16. The summed E-state index contributed by atoms with van der Waals surface area (Å²) >= 11 is 0. The summed E-state index contributed by atoms with van der Waals surface area (Å²) in [6, 6.07) is 8.95. The fourth-order valence-electron chi connectivity index (χ4n) is 2.68. The Bertz CT molecular complexity index is 731. The lowest BCUT2D eigenvalue weighted by Crippen LogP contribution is -2.45. The van der Waals surface area contributed by atoms with E-state index in [0.29, 0.717) is 12.2 Å². The molecule has 0 aliphatic carbocycles. The number of carbonyl (C=O) groups is 2. The zero-order valence-corrected chi connectivity index (χ0v) is 36.7. The smallest absolute Gasteiger partial charge is 0.365 e. The molecule has 0 fully saturated rings. The molecule has 0 heterocycles. The Labute approximate surface area is 340 Å². The molecule has 0 radical (unpaired) electrons. The minimum atomic E-state index is -1.47. The van der Waals surface area contributed by atoms with Gasteiger partial charge in [-0.15, -0.1) is 4.89 Å². The number of hydrogen-bond acceptors (Lipinski definition) is 15. The van der Waals surface area contributed by atoms with Crippen molar-refractivity contribution in [2.75, 3.05) is 66.1 Å². The first-order valence-electron chi connectivity index (χ1n) is 19.3. The van der Waals surface area contributed by atoms with Gasteiger partial charge in [0.1, 0.15) is 5.75 Å². The number of carbonyl (C=O) groups excluding carboxylic acids is 2. The van der Waals surface area contributed by atoms with E-state index >= 15 is 0 Å². The molecule has 0 amide bonds. The van der Waals surface area contributed by atoms with Crippen molar-refractivity contribution in [3.05, 3.63) is 55.6 Å². The van der Waals surface area contributed by atoms with Gasteiger partial charge in [-0.25, -0.2) is 9.59 Å². The summed E-state index contributed by atoms with van der Waals surface area (Å²) < 4.78 is 11.2. The second kappa shape index (κ2) is 80.5. The second-order valence-corrected chi connectivity index (χ2v) is 9.54. The molecule has 9 N–H and O–H groups in total. The van der Waals surface area contributed by atoms with Crippen LogP contribution in [0.1, 0.15) is 121 Å². The molecule has 1 rings (SSSR count). The molecule has 0 aliphatic rings. The molecule has 0 saturated carbocycles. The number of aliphatic hydroxyl groups is 9. The number of hydrogen-bond donors (Lipinski definition) is 9. The minimum Gasteiger partial charge on any atom is -0.455 e. The Morgan fingerprint density at radius 2 is 0.857 bits per heavy atom. The summed E-state index contributed by atoms with van der Waals surface area (Å²) in [6.45, 7) is 26.0. The van der Waals surface area contributed by atoms with Crippen molar-refractivity contribution >= 4 is 11.9 Å². The van der Waals surface area contributed by atoms with Crippen LogP contribution in [0.15, 0.2) is 55.6 Å². The number of ether oxygens (including phenoxy) is 2. The van der Waals surface area contributed by atoms with Gasteiger partial charge < -0.3 is 55.4 Å². The number of esters is 1. The summed E-state index contributed by atoms with van der Waals surface area (Å²) in [6.07, 6.45) is 10.0. The van der Waals surface area contributed by atoms with Crippen molar-refractivity contribution in [1.29, 1.82) is 0 Å². The molecule has 0 saturated heterocycles. The molecule has 0 spiro atoms. The van der Waals surface area contributed by atoms with Gasteiger partial charge in [0.2, 0.25) is 0 Å². The van der Waals surface area contributed by atoms with Crippen LogP contribution in [0.2, 0.25) is 0 Å². The summed E-state index contributed by atoms with van der Waals surface area (Å²) in [5, 5.41) is 68.1. The highest BCUT2D eigenvalue weighted by Gasteiger charge is 2.38. The van der Waals surface area contributed by atoms with Crippen LogP contribution >= 0.6 is 0 Å². The Hall–Kier alpha value is -2.96. The maximum atomic E-state index is 11.6. The maximum Gasteiger partial charge on any atom is 0.365 e. The van der Waals surface area contributed by atoms with Gasteiger partial charge in [0.25, 0.3) is 5.79 Å². The van der Waals surface area contributed by atoms with E-state index in [4.69, 9.17) is 65.2 Å². The number of para-hydroxylation sites is 1. The molecule has 1 aromatic rings. The van der Waals surface area contributed by atoms with Gasteiger partial charge in [0.15, 0.2) is 6.61 Å². The van der Waals surface area contributed by atoms with Crippen LogP contribution in [0.4, 0.5) is 0 Å². The van der Waals surface area contributed by atoms with Crippen LogP contribution < -0.4 is 4.74 Å². The highest BCUT2D eigenvalue weighted by molar-refractivity contribution is 5.81. The fraction of sp³-hybridized carbons (Fsp3) is 0.707. The predicted molar refractivity (Wildman–Crippen MR) is 226 cm³/mol. The lowest BCUT2D eigenvalue weighted by atomic mass is 10.0. The standard InChI is InChI=1S/C23H32O6.9C2H6O/c1-4-7-8-9-10-11-15-18-23(19-26-21(24)5-2,29-28-22(25)6-3)27-20-16-13-12-14-17-20;9*1-2-3/h5-6,12-14,16-17H,2-4,7-11,15,18-19H2,1H3;9*3H,2H2,1H3. The predicted octanol–water partition coefficient (Wildman–Crippen LogP) is 5.28. The van der Waals surface area contributed by atoms with Crippen molar-refractivity contribution in [1.82, 2.24) is 0 Å². The molecule has 1 unspecified atom stereocenters. The van der Waals surface area contributed by atoms with E-state index in [1.165, 1.54) is 19.3 Å². The summed E-state index contributed by atoms with van der Waals surface area (Å²) in [7, 11) is 0. The van der Waals surface area contributed by atoms with Gasteiger partial charge in [0.05, 0.1) is 0 Å². The summed E-state index contributed by atoms with van der Waals surface area (Å²) in [5.74, 6) is -2.35. The van der Waals surface area contributed by atoms with Crippen molar-refractivity contribution in [2.24, 2.45) is 0 Å². The normalized spacial score (nSPS) is 9.34. The van der Waals surface area contributed by atoms with E-state index in [2.05, 4.69) is 20.1 Å². The van der Waals surface area contributed by atoms with E-state index in [1.54, 1.807) is 86.6 Å². The quantitative estimate of drug-likeness (QED) is 0.0257. The topological polar surface area (TPSA) is 253 Å². The SMILES string of the molecule is C=CC(=O)OCC(CCCCCCCCC)(OOC(=O)C=C)Oc1ccccc1.CCO.CCO.CCO.CCO.CCO.CCO.CCO.CCO.CCO. The Balaban J connectivity index is -0.0000000949. The summed E-state index contributed by atoms with van der Waals surface area (Å²) in [4.78, 5) is 33.3. The number of aliphatic hydroxyl groups excluding tert-OH is 9. The van der Waals surface area contributed by atoms with Crippen molar-refractivity contribution < 1.29 is 74.8 Å².